The van der Waals surface area contributed by atoms with Crippen molar-refractivity contribution < 1.29 is 14.7 Å². The topological polar surface area (TPSA) is 78.4 Å². The van der Waals surface area contributed by atoms with Gasteiger partial charge in [-0.25, -0.2) is 0 Å². The molecule has 2 rings (SSSR count). The van der Waals surface area contributed by atoms with Crippen LogP contribution in [0.2, 0.25) is 0 Å². The van der Waals surface area contributed by atoms with Crippen molar-refractivity contribution in [2.45, 2.75) is 19.9 Å². The number of aryl methyl sites for hydroxylation is 2. The van der Waals surface area contributed by atoms with Crippen LogP contribution in [-0.4, -0.2) is 23.5 Å². The molecule has 0 aliphatic heterocycles. The fourth-order valence-electron chi connectivity index (χ4n) is 2.38. The lowest BCUT2D eigenvalue weighted by atomic mass is 10.1. The van der Waals surface area contributed by atoms with E-state index in [4.69, 9.17) is 0 Å². The Kier molecular flexibility index (Phi) is 5.49. The first-order valence-corrected chi connectivity index (χ1v) is 7.35. The number of carbonyl (C=O) groups excluding carboxylic acids is 2. The number of benzene rings is 2. The van der Waals surface area contributed by atoms with Gasteiger partial charge < -0.3 is 15.7 Å². The van der Waals surface area contributed by atoms with E-state index in [2.05, 4.69) is 10.6 Å². The molecule has 0 saturated heterocycles. The Bertz CT molecular complexity index is 678. The van der Waals surface area contributed by atoms with E-state index >= 15 is 0 Å². The second-order valence-corrected chi connectivity index (χ2v) is 5.45. The predicted octanol–water partition coefficient (Wildman–Crippen LogP) is 2.09. The Morgan fingerprint density at radius 1 is 1.00 bits per heavy atom. The predicted molar refractivity (Wildman–Crippen MR) is 89.0 cm³/mol. The summed E-state index contributed by atoms with van der Waals surface area (Å²) in [7, 11) is 0. The molecule has 2 amide bonds. The minimum absolute atomic E-state index is 0.285. The second kappa shape index (κ2) is 7.56. The van der Waals surface area contributed by atoms with Crippen molar-refractivity contribution in [1.29, 1.82) is 0 Å². The fraction of sp³-hybridized carbons (Fsp3) is 0.222. The van der Waals surface area contributed by atoms with Gasteiger partial charge in [0.05, 0.1) is 12.6 Å². The summed E-state index contributed by atoms with van der Waals surface area (Å²) in [6, 6.07) is 14.0. The average Bonchev–Trinajstić information content (AvgIpc) is 2.52. The van der Waals surface area contributed by atoms with Crippen molar-refractivity contribution in [3.8, 4) is 0 Å². The largest absolute Gasteiger partial charge is 0.394 e. The summed E-state index contributed by atoms with van der Waals surface area (Å²) in [5.74, 6) is -1.54. The molecule has 2 aromatic carbocycles. The summed E-state index contributed by atoms with van der Waals surface area (Å²) < 4.78 is 0. The van der Waals surface area contributed by atoms with E-state index in [-0.39, 0.29) is 6.61 Å². The first-order chi connectivity index (χ1) is 11.0. The molecule has 0 radical (unpaired) electrons. The van der Waals surface area contributed by atoms with Crippen molar-refractivity contribution in [1.82, 2.24) is 5.32 Å². The third-order valence-corrected chi connectivity index (χ3v) is 3.38. The lowest BCUT2D eigenvalue weighted by molar-refractivity contribution is -0.136. The first kappa shape index (κ1) is 16.7. The number of nitrogens with one attached hydrogen (secondary N) is 2. The van der Waals surface area contributed by atoms with Crippen LogP contribution in [0.1, 0.15) is 22.7 Å². The molecule has 5 nitrogen and oxygen atoms in total. The average molecular weight is 312 g/mol. The van der Waals surface area contributed by atoms with E-state index in [1.165, 1.54) is 0 Å². The molecule has 120 valence electrons. The summed E-state index contributed by atoms with van der Waals surface area (Å²) in [5.41, 5.74) is 3.31. The lowest BCUT2D eigenvalue weighted by Gasteiger charge is -2.16. The molecule has 23 heavy (non-hydrogen) atoms. The number of amides is 2. The van der Waals surface area contributed by atoms with E-state index in [9.17, 15) is 14.7 Å². The van der Waals surface area contributed by atoms with Gasteiger partial charge in [-0.15, -0.1) is 0 Å². The molecule has 0 aromatic heterocycles. The summed E-state index contributed by atoms with van der Waals surface area (Å²) in [6.07, 6.45) is 0. The van der Waals surface area contributed by atoms with Crippen LogP contribution in [0.3, 0.4) is 0 Å². The highest BCUT2D eigenvalue weighted by Gasteiger charge is 2.19. The Morgan fingerprint density at radius 2 is 1.61 bits per heavy atom. The molecule has 1 atom stereocenters. The Labute approximate surface area is 135 Å². The second-order valence-electron chi connectivity index (χ2n) is 5.45. The summed E-state index contributed by atoms with van der Waals surface area (Å²) in [4.78, 5) is 24.0. The van der Waals surface area contributed by atoms with E-state index in [1.54, 1.807) is 36.4 Å². The van der Waals surface area contributed by atoms with E-state index in [0.29, 0.717) is 5.69 Å². The zero-order chi connectivity index (χ0) is 16.8. The number of carbonyl (C=O) groups is 2. The molecule has 0 saturated carbocycles. The quantitative estimate of drug-likeness (QED) is 0.757. The maximum Gasteiger partial charge on any atom is 0.313 e. The highest BCUT2D eigenvalue weighted by molar-refractivity contribution is 6.39. The summed E-state index contributed by atoms with van der Waals surface area (Å²) in [5, 5.41) is 14.5. The standard InChI is InChI=1S/C18H20N2O3/c1-12-8-13(2)10-15(9-12)19-17(22)18(23)20-16(11-21)14-6-4-3-5-7-14/h3-10,16,21H,11H2,1-2H3,(H,19,22)(H,20,23). The lowest BCUT2D eigenvalue weighted by Crippen LogP contribution is -2.39. The van der Waals surface area contributed by atoms with Crippen LogP contribution in [0, 0.1) is 13.8 Å². The van der Waals surface area contributed by atoms with Gasteiger partial charge in [-0.05, 0) is 42.7 Å². The maximum atomic E-state index is 12.0. The maximum absolute atomic E-state index is 12.0. The highest BCUT2D eigenvalue weighted by atomic mass is 16.3. The number of aliphatic hydroxyl groups is 1. The van der Waals surface area contributed by atoms with Crippen molar-refractivity contribution >= 4 is 17.5 Å². The van der Waals surface area contributed by atoms with Gasteiger partial charge in [0, 0.05) is 5.69 Å². The fourth-order valence-corrected chi connectivity index (χ4v) is 2.38. The monoisotopic (exact) mass is 312 g/mol. The van der Waals surface area contributed by atoms with Crippen molar-refractivity contribution in [2.75, 3.05) is 11.9 Å². The third kappa shape index (κ3) is 4.66. The summed E-state index contributed by atoms with van der Waals surface area (Å²) >= 11 is 0. The minimum Gasteiger partial charge on any atom is -0.394 e. The van der Waals surface area contributed by atoms with Gasteiger partial charge in [0.25, 0.3) is 0 Å². The van der Waals surface area contributed by atoms with Crippen LogP contribution in [0.15, 0.2) is 48.5 Å². The number of hydrogen-bond donors (Lipinski definition) is 3. The van der Waals surface area contributed by atoms with Crippen LogP contribution < -0.4 is 10.6 Å². The molecule has 3 N–H and O–H groups in total. The van der Waals surface area contributed by atoms with Gasteiger partial charge in [0.15, 0.2) is 0 Å². The Balaban J connectivity index is 2.03. The molecule has 0 spiro atoms. The third-order valence-electron chi connectivity index (χ3n) is 3.38. The first-order valence-electron chi connectivity index (χ1n) is 7.35. The normalized spacial score (nSPS) is 11.6. The smallest absolute Gasteiger partial charge is 0.313 e. The molecule has 0 bridgehead atoms. The van der Waals surface area contributed by atoms with E-state index in [0.717, 1.165) is 16.7 Å². The summed E-state index contributed by atoms with van der Waals surface area (Å²) in [6.45, 7) is 3.55. The molecule has 0 heterocycles. The van der Waals surface area contributed by atoms with Gasteiger partial charge in [-0.3, -0.25) is 9.59 Å². The van der Waals surface area contributed by atoms with Gasteiger partial charge in [-0.2, -0.15) is 0 Å². The molecular formula is C18H20N2O3. The van der Waals surface area contributed by atoms with Crippen LogP contribution in [0.4, 0.5) is 5.69 Å². The number of aliphatic hydroxyl groups excluding tert-OH is 1. The van der Waals surface area contributed by atoms with Gasteiger partial charge in [0.1, 0.15) is 0 Å². The minimum atomic E-state index is -0.785. The molecule has 1 unspecified atom stereocenters. The SMILES string of the molecule is Cc1cc(C)cc(NC(=O)C(=O)NC(CO)c2ccccc2)c1. The van der Waals surface area contributed by atoms with Crippen molar-refractivity contribution in [2.24, 2.45) is 0 Å². The molecule has 0 fully saturated rings. The van der Waals surface area contributed by atoms with Crippen molar-refractivity contribution in [3.63, 3.8) is 0 Å². The van der Waals surface area contributed by atoms with Crippen LogP contribution in [0.5, 0.6) is 0 Å². The molecular weight excluding hydrogens is 292 g/mol. The Morgan fingerprint density at radius 3 is 2.17 bits per heavy atom. The van der Waals surface area contributed by atoms with Crippen LogP contribution >= 0.6 is 0 Å². The van der Waals surface area contributed by atoms with Crippen LogP contribution in [0.25, 0.3) is 0 Å². The van der Waals surface area contributed by atoms with Gasteiger partial charge in [-0.1, -0.05) is 36.4 Å². The van der Waals surface area contributed by atoms with Crippen molar-refractivity contribution in [3.05, 3.63) is 65.2 Å². The van der Waals surface area contributed by atoms with Gasteiger partial charge >= 0.3 is 11.8 Å². The zero-order valence-corrected chi connectivity index (χ0v) is 13.2. The van der Waals surface area contributed by atoms with E-state index in [1.807, 2.05) is 26.0 Å². The zero-order valence-electron chi connectivity index (χ0n) is 13.2. The molecule has 0 aliphatic rings. The van der Waals surface area contributed by atoms with Crippen LogP contribution in [-0.2, 0) is 9.59 Å². The molecule has 5 heteroatoms. The number of hydrogen-bond acceptors (Lipinski definition) is 3. The van der Waals surface area contributed by atoms with E-state index < -0.39 is 17.9 Å². The number of anilines is 1. The molecule has 0 aliphatic carbocycles. The highest BCUT2D eigenvalue weighted by Crippen LogP contribution is 2.14. The Hall–Kier alpha value is -2.66. The number of rotatable bonds is 4. The van der Waals surface area contributed by atoms with Gasteiger partial charge in [0.2, 0.25) is 0 Å². The molecule has 2 aromatic rings.